The lowest BCUT2D eigenvalue weighted by molar-refractivity contribution is 0.103. The van der Waals surface area contributed by atoms with Crippen molar-refractivity contribution in [1.29, 1.82) is 0 Å². The first-order chi connectivity index (χ1) is 9.83. The first kappa shape index (κ1) is 12.2. The molecular weight excluding hydrogens is 268 g/mol. The molecule has 20 heavy (non-hydrogen) atoms. The molecule has 0 radical (unpaired) electrons. The molecule has 1 aliphatic heterocycles. The molecule has 1 aliphatic carbocycles. The standard InChI is InChI=1S/C17H16O2S/c18-16(13-6-3-5-11-8-9-19-17(11)13)15-10-12-4-1-2-7-14(12)20-15/h3,5-6,10H,1-2,4,7-9H2. The van der Waals surface area contributed by atoms with Crippen LogP contribution in [0.25, 0.3) is 0 Å². The van der Waals surface area contributed by atoms with Gasteiger partial charge in [-0.15, -0.1) is 11.3 Å². The van der Waals surface area contributed by atoms with Gasteiger partial charge in [0, 0.05) is 11.3 Å². The van der Waals surface area contributed by atoms with Crippen LogP contribution in [0.3, 0.4) is 0 Å². The van der Waals surface area contributed by atoms with Crippen LogP contribution in [0, 0.1) is 0 Å². The molecule has 0 unspecified atom stereocenters. The topological polar surface area (TPSA) is 26.3 Å². The van der Waals surface area contributed by atoms with Crippen molar-refractivity contribution < 1.29 is 9.53 Å². The summed E-state index contributed by atoms with van der Waals surface area (Å²) >= 11 is 1.68. The van der Waals surface area contributed by atoms with Crippen molar-refractivity contribution in [3.8, 4) is 5.75 Å². The van der Waals surface area contributed by atoms with Gasteiger partial charge in [0.15, 0.2) is 0 Å². The fraction of sp³-hybridized carbons (Fsp3) is 0.353. The van der Waals surface area contributed by atoms with Crippen LogP contribution in [0.1, 0.15) is 44.1 Å². The number of hydrogen-bond donors (Lipinski definition) is 0. The fourth-order valence-electron chi connectivity index (χ4n) is 3.13. The van der Waals surface area contributed by atoms with Crippen LogP contribution in [0.2, 0.25) is 0 Å². The molecule has 3 heteroatoms. The lowest BCUT2D eigenvalue weighted by atomic mass is 9.98. The monoisotopic (exact) mass is 284 g/mol. The predicted molar refractivity (Wildman–Crippen MR) is 80.0 cm³/mol. The molecule has 2 aliphatic rings. The van der Waals surface area contributed by atoms with E-state index in [-0.39, 0.29) is 5.78 Å². The zero-order chi connectivity index (χ0) is 13.5. The van der Waals surface area contributed by atoms with Gasteiger partial charge in [0.25, 0.3) is 0 Å². The predicted octanol–water partition coefficient (Wildman–Crippen LogP) is 3.79. The molecule has 4 rings (SSSR count). The van der Waals surface area contributed by atoms with E-state index >= 15 is 0 Å². The van der Waals surface area contributed by atoms with E-state index in [0.29, 0.717) is 6.61 Å². The van der Waals surface area contributed by atoms with Crippen molar-refractivity contribution in [3.63, 3.8) is 0 Å². The van der Waals surface area contributed by atoms with Crippen molar-refractivity contribution in [3.05, 3.63) is 50.7 Å². The Kier molecular flexibility index (Phi) is 2.88. The van der Waals surface area contributed by atoms with Crippen LogP contribution in [-0.2, 0) is 19.3 Å². The first-order valence-electron chi connectivity index (χ1n) is 7.24. The third-order valence-electron chi connectivity index (χ3n) is 4.18. The highest BCUT2D eigenvalue weighted by molar-refractivity contribution is 7.14. The zero-order valence-corrected chi connectivity index (χ0v) is 12.1. The van der Waals surface area contributed by atoms with Crippen LogP contribution in [0.15, 0.2) is 24.3 Å². The summed E-state index contributed by atoms with van der Waals surface area (Å²) in [7, 11) is 0. The van der Waals surface area contributed by atoms with E-state index in [1.807, 2.05) is 12.1 Å². The molecule has 0 saturated carbocycles. The summed E-state index contributed by atoms with van der Waals surface area (Å²) in [4.78, 5) is 15.0. The van der Waals surface area contributed by atoms with E-state index in [0.717, 1.165) is 41.0 Å². The maximum absolute atomic E-state index is 12.8. The maximum atomic E-state index is 12.8. The Balaban J connectivity index is 1.74. The Morgan fingerprint density at radius 1 is 1.10 bits per heavy atom. The molecule has 2 aromatic rings. The highest BCUT2D eigenvalue weighted by Crippen LogP contribution is 2.35. The smallest absolute Gasteiger partial charge is 0.206 e. The molecule has 102 valence electrons. The number of hydrogen-bond acceptors (Lipinski definition) is 3. The molecule has 1 aromatic heterocycles. The Bertz CT molecular complexity index is 661. The SMILES string of the molecule is O=C(c1cc2c(s1)CCCC2)c1cccc2c1OCC2. The van der Waals surface area contributed by atoms with Gasteiger partial charge in [0.05, 0.1) is 17.0 Å². The molecule has 2 nitrogen and oxygen atoms in total. The summed E-state index contributed by atoms with van der Waals surface area (Å²) in [6.45, 7) is 0.695. The van der Waals surface area contributed by atoms with E-state index in [9.17, 15) is 4.79 Å². The Morgan fingerprint density at radius 3 is 2.90 bits per heavy atom. The van der Waals surface area contributed by atoms with E-state index in [1.165, 1.54) is 23.3 Å². The van der Waals surface area contributed by atoms with Crippen molar-refractivity contribution in [2.24, 2.45) is 0 Å². The number of thiophene rings is 1. The second-order valence-corrected chi connectivity index (χ2v) is 6.62. The lowest BCUT2D eigenvalue weighted by Gasteiger charge is -2.08. The van der Waals surface area contributed by atoms with E-state index < -0.39 is 0 Å². The summed E-state index contributed by atoms with van der Waals surface area (Å²) in [5.41, 5.74) is 3.29. The number of rotatable bonds is 2. The zero-order valence-electron chi connectivity index (χ0n) is 11.3. The van der Waals surface area contributed by atoms with Gasteiger partial charge in [0.2, 0.25) is 5.78 Å². The highest BCUT2D eigenvalue weighted by atomic mass is 32.1. The molecule has 0 fully saturated rings. The van der Waals surface area contributed by atoms with Crippen molar-refractivity contribution in [2.75, 3.05) is 6.61 Å². The van der Waals surface area contributed by atoms with Gasteiger partial charge in [-0.3, -0.25) is 4.79 Å². The summed E-state index contributed by atoms with van der Waals surface area (Å²) in [6.07, 6.45) is 5.68. The third kappa shape index (κ3) is 1.88. The summed E-state index contributed by atoms with van der Waals surface area (Å²) in [6, 6.07) is 8.02. The van der Waals surface area contributed by atoms with Crippen molar-refractivity contribution in [2.45, 2.75) is 32.1 Å². The largest absolute Gasteiger partial charge is 0.492 e. The van der Waals surface area contributed by atoms with Crippen LogP contribution >= 0.6 is 11.3 Å². The molecule has 0 amide bonds. The average Bonchev–Trinajstić information content (AvgIpc) is 3.12. The van der Waals surface area contributed by atoms with Gasteiger partial charge in [-0.05, 0) is 48.9 Å². The summed E-state index contributed by atoms with van der Waals surface area (Å²) < 4.78 is 5.66. The Labute approximate surface area is 122 Å². The van der Waals surface area contributed by atoms with Crippen molar-refractivity contribution >= 4 is 17.1 Å². The Morgan fingerprint density at radius 2 is 2.00 bits per heavy atom. The van der Waals surface area contributed by atoms with Crippen LogP contribution in [-0.4, -0.2) is 12.4 Å². The van der Waals surface area contributed by atoms with Gasteiger partial charge in [-0.2, -0.15) is 0 Å². The third-order valence-corrected chi connectivity index (χ3v) is 5.42. The molecule has 0 atom stereocenters. The minimum atomic E-state index is 0.128. The number of carbonyl (C=O) groups excluding carboxylic acids is 1. The highest BCUT2D eigenvalue weighted by Gasteiger charge is 2.24. The van der Waals surface area contributed by atoms with E-state index in [4.69, 9.17) is 4.74 Å². The number of fused-ring (bicyclic) bond motifs is 2. The number of ketones is 1. The van der Waals surface area contributed by atoms with Crippen LogP contribution in [0.4, 0.5) is 0 Å². The number of aryl methyl sites for hydroxylation is 2. The minimum Gasteiger partial charge on any atom is -0.492 e. The number of carbonyl (C=O) groups is 1. The van der Waals surface area contributed by atoms with E-state index in [1.54, 1.807) is 11.3 Å². The normalized spacial score (nSPS) is 16.4. The molecule has 2 heterocycles. The minimum absolute atomic E-state index is 0.128. The summed E-state index contributed by atoms with van der Waals surface area (Å²) in [5, 5.41) is 0. The molecule has 1 aromatic carbocycles. The molecule has 0 saturated heterocycles. The van der Waals surface area contributed by atoms with E-state index in [2.05, 4.69) is 12.1 Å². The van der Waals surface area contributed by atoms with Gasteiger partial charge in [-0.25, -0.2) is 0 Å². The molecular formula is C17H16O2S. The molecule has 0 spiro atoms. The van der Waals surface area contributed by atoms with Crippen LogP contribution < -0.4 is 4.74 Å². The fourth-order valence-corrected chi connectivity index (χ4v) is 4.34. The second-order valence-electron chi connectivity index (χ2n) is 5.49. The number of benzene rings is 1. The van der Waals surface area contributed by atoms with Gasteiger partial charge < -0.3 is 4.74 Å². The quantitative estimate of drug-likeness (QED) is 0.784. The average molecular weight is 284 g/mol. The van der Waals surface area contributed by atoms with Crippen molar-refractivity contribution in [1.82, 2.24) is 0 Å². The first-order valence-corrected chi connectivity index (χ1v) is 8.05. The number of ether oxygens (including phenoxy) is 1. The second kappa shape index (κ2) is 4.74. The molecule has 0 bridgehead atoms. The maximum Gasteiger partial charge on any atom is 0.206 e. The summed E-state index contributed by atoms with van der Waals surface area (Å²) in [5.74, 6) is 0.937. The van der Waals surface area contributed by atoms with Crippen LogP contribution in [0.5, 0.6) is 5.75 Å². The van der Waals surface area contributed by atoms with Gasteiger partial charge in [-0.1, -0.05) is 12.1 Å². The van der Waals surface area contributed by atoms with Gasteiger partial charge in [0.1, 0.15) is 5.75 Å². The number of para-hydroxylation sites is 1. The lowest BCUT2D eigenvalue weighted by Crippen LogP contribution is -2.01. The molecule has 0 N–H and O–H groups in total. The Hall–Kier alpha value is -1.61. The van der Waals surface area contributed by atoms with Gasteiger partial charge >= 0.3 is 0 Å².